The number of rotatable bonds is 1. The molecule has 2 aromatic rings. The van der Waals surface area contributed by atoms with Crippen LogP contribution in [0, 0.1) is 0 Å². The van der Waals surface area contributed by atoms with Gasteiger partial charge in [-0.25, -0.2) is 0 Å². The Morgan fingerprint density at radius 2 is 1.78 bits per heavy atom. The molecule has 3 heteroatoms. The molecule has 0 radical (unpaired) electrons. The van der Waals surface area contributed by atoms with Gasteiger partial charge in [-0.1, -0.05) is 29.4 Å². The Morgan fingerprint density at radius 1 is 1.11 bits per heavy atom. The van der Waals surface area contributed by atoms with E-state index >= 15 is 0 Å². The second-order valence-electron chi connectivity index (χ2n) is 4.41. The van der Waals surface area contributed by atoms with Crippen LogP contribution in [0.4, 0.5) is 0 Å². The molecule has 0 aliphatic carbocycles. The van der Waals surface area contributed by atoms with E-state index in [1.54, 1.807) is 18.7 Å². The first-order chi connectivity index (χ1) is 8.63. The molecule has 0 unspecified atom stereocenters. The van der Waals surface area contributed by atoms with Gasteiger partial charge in [0.15, 0.2) is 5.78 Å². The zero-order valence-corrected chi connectivity index (χ0v) is 11.4. The van der Waals surface area contributed by atoms with Crippen molar-refractivity contribution < 1.29 is 4.79 Å². The molecule has 0 saturated heterocycles. The van der Waals surface area contributed by atoms with Crippen LogP contribution < -0.4 is 0 Å². The summed E-state index contributed by atoms with van der Waals surface area (Å²) in [7, 11) is 0. The molecule has 0 fully saturated rings. The van der Waals surface area contributed by atoms with Crippen molar-refractivity contribution >= 4 is 29.1 Å². The molecule has 3 rings (SSSR count). The average molecular weight is 275 g/mol. The quantitative estimate of drug-likeness (QED) is 0.603. The van der Waals surface area contributed by atoms with Crippen molar-refractivity contribution in [2.45, 2.75) is 23.1 Å². The SMILES string of the molecule is CC(=O)c1ccc2c(c1)Cc1cc(Cl)ccc1S2. The van der Waals surface area contributed by atoms with Crippen LogP contribution in [0.3, 0.4) is 0 Å². The van der Waals surface area contributed by atoms with Gasteiger partial charge in [-0.2, -0.15) is 0 Å². The highest BCUT2D eigenvalue weighted by Crippen LogP contribution is 2.40. The van der Waals surface area contributed by atoms with Gasteiger partial charge in [-0.15, -0.1) is 0 Å². The lowest BCUT2D eigenvalue weighted by molar-refractivity contribution is 0.101. The van der Waals surface area contributed by atoms with Gasteiger partial charge >= 0.3 is 0 Å². The Balaban J connectivity index is 2.05. The molecule has 0 atom stereocenters. The van der Waals surface area contributed by atoms with Gasteiger partial charge in [-0.05, 0) is 54.8 Å². The van der Waals surface area contributed by atoms with Crippen LogP contribution in [0.1, 0.15) is 28.4 Å². The van der Waals surface area contributed by atoms with Crippen LogP contribution in [-0.4, -0.2) is 5.78 Å². The van der Waals surface area contributed by atoms with Crippen LogP contribution in [0.5, 0.6) is 0 Å². The third kappa shape index (κ3) is 2.06. The molecule has 1 heterocycles. The Hall–Kier alpha value is -1.25. The minimum absolute atomic E-state index is 0.111. The first kappa shape index (κ1) is 11.8. The van der Waals surface area contributed by atoms with Gasteiger partial charge < -0.3 is 0 Å². The normalized spacial score (nSPS) is 12.8. The highest BCUT2D eigenvalue weighted by atomic mass is 35.5. The summed E-state index contributed by atoms with van der Waals surface area (Å²) >= 11 is 7.76. The summed E-state index contributed by atoms with van der Waals surface area (Å²) in [5.74, 6) is 0.111. The molecule has 90 valence electrons. The number of fused-ring (bicyclic) bond motifs is 2. The number of ketones is 1. The molecular weight excluding hydrogens is 264 g/mol. The molecule has 1 aliphatic heterocycles. The Bertz CT molecular complexity index is 649. The lowest BCUT2D eigenvalue weighted by Crippen LogP contribution is -2.02. The van der Waals surface area contributed by atoms with Crippen LogP contribution in [0.15, 0.2) is 46.2 Å². The van der Waals surface area contributed by atoms with E-state index in [0.717, 1.165) is 17.0 Å². The largest absolute Gasteiger partial charge is 0.295 e. The fourth-order valence-corrected chi connectivity index (χ4v) is 3.37. The van der Waals surface area contributed by atoms with Crippen molar-refractivity contribution in [3.8, 4) is 0 Å². The standard InChI is InChI=1S/C15H11ClOS/c1-9(17)10-2-4-14-11(6-10)7-12-8-13(16)3-5-15(12)18-14/h2-6,8H,7H2,1H3. The van der Waals surface area contributed by atoms with Crippen LogP contribution in [0.2, 0.25) is 5.02 Å². The Labute approximate surface area is 115 Å². The number of hydrogen-bond donors (Lipinski definition) is 0. The monoisotopic (exact) mass is 274 g/mol. The molecule has 0 N–H and O–H groups in total. The van der Waals surface area contributed by atoms with Crippen molar-refractivity contribution in [1.82, 2.24) is 0 Å². The second kappa shape index (κ2) is 4.45. The first-order valence-corrected chi connectivity index (χ1v) is 6.93. The van der Waals surface area contributed by atoms with E-state index in [0.29, 0.717) is 0 Å². The first-order valence-electron chi connectivity index (χ1n) is 5.73. The molecular formula is C15H11ClOS. The van der Waals surface area contributed by atoms with Crippen LogP contribution in [0.25, 0.3) is 0 Å². The third-order valence-electron chi connectivity index (χ3n) is 3.09. The second-order valence-corrected chi connectivity index (χ2v) is 5.93. The van der Waals surface area contributed by atoms with E-state index in [9.17, 15) is 4.79 Å². The Morgan fingerprint density at radius 3 is 2.50 bits per heavy atom. The highest BCUT2D eigenvalue weighted by molar-refractivity contribution is 7.99. The van der Waals surface area contributed by atoms with E-state index in [4.69, 9.17) is 11.6 Å². The predicted octanol–water partition coefficient (Wildman–Crippen LogP) is 4.60. The lowest BCUT2D eigenvalue weighted by Gasteiger charge is -2.19. The lowest BCUT2D eigenvalue weighted by atomic mass is 10.0. The maximum absolute atomic E-state index is 11.4. The van der Waals surface area contributed by atoms with Gasteiger partial charge in [0, 0.05) is 20.4 Å². The van der Waals surface area contributed by atoms with Crippen LogP contribution in [-0.2, 0) is 6.42 Å². The maximum Gasteiger partial charge on any atom is 0.159 e. The molecule has 18 heavy (non-hydrogen) atoms. The van der Waals surface area contributed by atoms with Gasteiger partial charge in [0.25, 0.3) is 0 Å². The van der Waals surface area contributed by atoms with Gasteiger partial charge in [0.05, 0.1) is 0 Å². The summed E-state index contributed by atoms with van der Waals surface area (Å²) in [6.45, 7) is 1.60. The summed E-state index contributed by atoms with van der Waals surface area (Å²) in [5.41, 5.74) is 3.22. The molecule has 0 aromatic heterocycles. The smallest absolute Gasteiger partial charge is 0.159 e. The fraction of sp³-hybridized carbons (Fsp3) is 0.133. The molecule has 0 saturated carbocycles. The number of carbonyl (C=O) groups excluding carboxylic acids is 1. The minimum Gasteiger partial charge on any atom is -0.295 e. The van der Waals surface area contributed by atoms with Gasteiger partial charge in [0.1, 0.15) is 0 Å². The minimum atomic E-state index is 0.111. The highest BCUT2D eigenvalue weighted by Gasteiger charge is 2.17. The van der Waals surface area contributed by atoms with Gasteiger partial charge in [0.2, 0.25) is 0 Å². The number of benzene rings is 2. The predicted molar refractivity (Wildman–Crippen MR) is 74.8 cm³/mol. The molecule has 2 aromatic carbocycles. The van der Waals surface area contributed by atoms with Crippen LogP contribution >= 0.6 is 23.4 Å². The fourth-order valence-electron chi connectivity index (χ4n) is 2.15. The van der Waals surface area contributed by atoms with Gasteiger partial charge in [-0.3, -0.25) is 4.79 Å². The number of Topliss-reactive ketones (excluding diaryl/α,β-unsaturated/α-hetero) is 1. The maximum atomic E-state index is 11.4. The van der Waals surface area contributed by atoms with E-state index in [-0.39, 0.29) is 5.78 Å². The molecule has 0 amide bonds. The van der Waals surface area contributed by atoms with Crippen molar-refractivity contribution in [3.63, 3.8) is 0 Å². The zero-order valence-electron chi connectivity index (χ0n) is 9.87. The summed E-state index contributed by atoms with van der Waals surface area (Å²) in [4.78, 5) is 13.9. The number of hydrogen-bond acceptors (Lipinski definition) is 2. The van der Waals surface area contributed by atoms with E-state index in [2.05, 4.69) is 6.07 Å². The Kier molecular flexibility index (Phi) is 2.92. The summed E-state index contributed by atoms with van der Waals surface area (Å²) < 4.78 is 0. The zero-order chi connectivity index (χ0) is 12.7. The summed E-state index contributed by atoms with van der Waals surface area (Å²) in [5, 5.41) is 0.764. The van der Waals surface area contributed by atoms with Crippen molar-refractivity contribution in [2.24, 2.45) is 0 Å². The molecule has 0 spiro atoms. The van der Waals surface area contributed by atoms with E-state index < -0.39 is 0 Å². The average Bonchev–Trinajstić information content (AvgIpc) is 2.35. The topological polar surface area (TPSA) is 17.1 Å². The van der Waals surface area contributed by atoms with E-state index in [1.165, 1.54) is 20.9 Å². The van der Waals surface area contributed by atoms with Crippen molar-refractivity contribution in [2.75, 3.05) is 0 Å². The molecule has 1 aliphatic rings. The van der Waals surface area contributed by atoms with Crippen molar-refractivity contribution in [1.29, 1.82) is 0 Å². The molecule has 1 nitrogen and oxygen atoms in total. The third-order valence-corrected chi connectivity index (χ3v) is 4.56. The summed E-state index contributed by atoms with van der Waals surface area (Å²) in [6, 6.07) is 11.9. The van der Waals surface area contributed by atoms with E-state index in [1.807, 2.05) is 30.3 Å². The number of halogens is 1. The van der Waals surface area contributed by atoms with Crippen molar-refractivity contribution in [3.05, 3.63) is 58.1 Å². The summed E-state index contributed by atoms with van der Waals surface area (Å²) in [6.07, 6.45) is 0.847. The molecule has 0 bridgehead atoms. The number of carbonyl (C=O) groups is 1.